The molecule has 3 saturated carbocycles. The molecule has 0 aliphatic heterocycles. The highest BCUT2D eigenvalue weighted by atomic mass is 16.7. The van der Waals surface area contributed by atoms with Gasteiger partial charge in [0, 0.05) is 6.42 Å². The minimum absolute atomic E-state index is 0.138. The van der Waals surface area contributed by atoms with Gasteiger partial charge in [-0.3, -0.25) is 0 Å². The normalized spacial score (nSPS) is 33.6. The van der Waals surface area contributed by atoms with Crippen molar-refractivity contribution in [1.29, 1.82) is 0 Å². The van der Waals surface area contributed by atoms with Crippen LogP contribution in [0.15, 0.2) is 24.3 Å². The number of fused-ring (bicyclic) bond motifs is 1. The van der Waals surface area contributed by atoms with Crippen molar-refractivity contribution in [3.8, 4) is 5.75 Å². The Kier molecular flexibility index (Phi) is 6.78. The Labute approximate surface area is 191 Å². The average molecular weight is 427 g/mol. The maximum Gasteiger partial charge on any atom is 0.200 e. The SMILES string of the molecule is CC(C)CC(c1ccc(OC(CC2C(C)CC34CC2CC3C4)OC(C)C)cc1)C(C)C. The summed E-state index contributed by atoms with van der Waals surface area (Å²) in [4.78, 5) is 0. The van der Waals surface area contributed by atoms with Crippen molar-refractivity contribution in [3.05, 3.63) is 29.8 Å². The summed E-state index contributed by atoms with van der Waals surface area (Å²) in [7, 11) is 0. The van der Waals surface area contributed by atoms with Crippen molar-refractivity contribution < 1.29 is 9.47 Å². The van der Waals surface area contributed by atoms with Gasteiger partial charge in [0.1, 0.15) is 5.75 Å². The van der Waals surface area contributed by atoms with Crippen LogP contribution in [0, 0.1) is 40.9 Å². The maximum atomic E-state index is 6.47. The highest BCUT2D eigenvalue weighted by Gasteiger charge is 2.64. The maximum absolute atomic E-state index is 6.47. The molecule has 7 unspecified atom stereocenters. The second-order valence-electron chi connectivity index (χ2n) is 12.3. The van der Waals surface area contributed by atoms with Gasteiger partial charge < -0.3 is 9.47 Å². The molecule has 7 atom stereocenters. The van der Waals surface area contributed by atoms with Gasteiger partial charge >= 0.3 is 0 Å². The summed E-state index contributed by atoms with van der Waals surface area (Å²) in [5.74, 6) is 6.43. The van der Waals surface area contributed by atoms with E-state index in [1.54, 1.807) is 0 Å². The van der Waals surface area contributed by atoms with E-state index >= 15 is 0 Å². The molecule has 2 nitrogen and oxygen atoms in total. The summed E-state index contributed by atoms with van der Waals surface area (Å²) < 4.78 is 12.8. The molecular weight excluding hydrogens is 380 g/mol. The molecule has 0 aromatic heterocycles. The molecule has 0 radical (unpaired) electrons. The Morgan fingerprint density at radius 3 is 2.29 bits per heavy atom. The van der Waals surface area contributed by atoms with E-state index in [1.165, 1.54) is 37.7 Å². The molecule has 0 heterocycles. The first-order valence-corrected chi connectivity index (χ1v) is 13.1. The topological polar surface area (TPSA) is 18.5 Å². The van der Waals surface area contributed by atoms with Crippen molar-refractivity contribution >= 4 is 0 Å². The van der Waals surface area contributed by atoms with Gasteiger partial charge in [-0.2, -0.15) is 0 Å². The van der Waals surface area contributed by atoms with E-state index in [4.69, 9.17) is 9.47 Å². The zero-order chi connectivity index (χ0) is 22.3. The van der Waals surface area contributed by atoms with Gasteiger partial charge in [0.25, 0.3) is 0 Å². The molecule has 1 aromatic carbocycles. The first-order chi connectivity index (χ1) is 14.7. The molecule has 0 saturated heterocycles. The number of benzene rings is 1. The highest BCUT2D eigenvalue weighted by molar-refractivity contribution is 5.30. The van der Waals surface area contributed by atoms with Crippen LogP contribution in [0.2, 0.25) is 0 Å². The van der Waals surface area contributed by atoms with E-state index in [2.05, 4.69) is 72.7 Å². The first kappa shape index (κ1) is 23.1. The molecule has 3 aliphatic rings. The van der Waals surface area contributed by atoms with Gasteiger partial charge in [0.2, 0.25) is 0 Å². The molecule has 1 aromatic rings. The van der Waals surface area contributed by atoms with Gasteiger partial charge in [-0.1, -0.05) is 46.8 Å². The van der Waals surface area contributed by atoms with Crippen LogP contribution in [-0.4, -0.2) is 12.4 Å². The fraction of sp³-hybridized carbons (Fsp3) is 0.793. The Hall–Kier alpha value is -1.02. The minimum atomic E-state index is -0.138. The van der Waals surface area contributed by atoms with Crippen molar-refractivity contribution in [2.75, 3.05) is 0 Å². The quantitative estimate of drug-likeness (QED) is 0.352. The second kappa shape index (κ2) is 9.08. The van der Waals surface area contributed by atoms with E-state index in [1.807, 2.05) is 0 Å². The van der Waals surface area contributed by atoms with Gasteiger partial charge in [-0.25, -0.2) is 0 Å². The molecule has 3 fully saturated rings. The summed E-state index contributed by atoms with van der Waals surface area (Å²) >= 11 is 0. The summed E-state index contributed by atoms with van der Waals surface area (Å²) in [6, 6.07) is 8.91. The largest absolute Gasteiger partial charge is 0.465 e. The standard InChI is InChI=1S/C29H46O2/c1-18(2)12-26(19(3)4)22-8-10-25(11-9-22)31-28(30-20(5)6)14-27-21(7)15-29-16-23(27)13-24(29)17-29/h8-11,18-21,23-24,26-28H,12-17H2,1-7H3. The van der Waals surface area contributed by atoms with Gasteiger partial charge in [-0.15, -0.1) is 0 Å². The zero-order valence-electron chi connectivity index (χ0n) is 21.1. The number of ether oxygens (including phenoxy) is 2. The summed E-state index contributed by atoms with van der Waals surface area (Å²) in [5.41, 5.74) is 2.20. The molecule has 3 aliphatic carbocycles. The zero-order valence-corrected chi connectivity index (χ0v) is 21.1. The molecule has 1 spiro atoms. The fourth-order valence-corrected chi connectivity index (χ4v) is 7.23. The summed E-state index contributed by atoms with van der Waals surface area (Å²) in [6.07, 6.45) is 8.21. The lowest BCUT2D eigenvalue weighted by molar-refractivity contribution is -0.128. The van der Waals surface area contributed by atoms with Gasteiger partial charge in [-0.05, 0) is 110 Å². The smallest absolute Gasteiger partial charge is 0.200 e. The Balaban J connectivity index is 1.42. The molecule has 0 amide bonds. The molecule has 2 bridgehead atoms. The van der Waals surface area contributed by atoms with Crippen LogP contribution in [0.1, 0.15) is 98.5 Å². The van der Waals surface area contributed by atoms with E-state index in [0.29, 0.717) is 17.8 Å². The van der Waals surface area contributed by atoms with Crippen LogP contribution in [-0.2, 0) is 4.74 Å². The summed E-state index contributed by atoms with van der Waals surface area (Å²) in [5, 5.41) is 0. The van der Waals surface area contributed by atoms with Crippen LogP contribution < -0.4 is 4.74 Å². The monoisotopic (exact) mass is 426 g/mol. The van der Waals surface area contributed by atoms with Crippen molar-refractivity contribution in [3.63, 3.8) is 0 Å². The Bertz CT molecular complexity index is 721. The third kappa shape index (κ3) is 5.15. The lowest BCUT2D eigenvalue weighted by Crippen LogP contribution is -2.35. The minimum Gasteiger partial charge on any atom is -0.465 e. The van der Waals surface area contributed by atoms with Crippen LogP contribution in [0.3, 0.4) is 0 Å². The number of hydrogen-bond acceptors (Lipinski definition) is 2. The van der Waals surface area contributed by atoms with Crippen LogP contribution >= 0.6 is 0 Å². The predicted molar refractivity (Wildman–Crippen MR) is 129 cm³/mol. The Morgan fingerprint density at radius 1 is 0.968 bits per heavy atom. The van der Waals surface area contributed by atoms with Gasteiger partial charge in [0.15, 0.2) is 6.29 Å². The third-order valence-corrected chi connectivity index (χ3v) is 8.67. The Morgan fingerprint density at radius 2 is 1.68 bits per heavy atom. The lowest BCUT2D eigenvalue weighted by atomic mass is 9.68. The van der Waals surface area contributed by atoms with Crippen LogP contribution in [0.4, 0.5) is 0 Å². The molecule has 174 valence electrons. The molecule has 31 heavy (non-hydrogen) atoms. The highest BCUT2D eigenvalue weighted by Crippen LogP contribution is 2.73. The first-order valence-electron chi connectivity index (χ1n) is 13.1. The lowest BCUT2D eigenvalue weighted by Gasteiger charge is -2.39. The van der Waals surface area contributed by atoms with E-state index < -0.39 is 0 Å². The molecular formula is C29H46O2. The average Bonchev–Trinajstić information content (AvgIpc) is 3.23. The summed E-state index contributed by atoms with van der Waals surface area (Å²) in [6.45, 7) is 16.1. The van der Waals surface area contributed by atoms with Crippen molar-refractivity contribution in [1.82, 2.24) is 0 Å². The second-order valence-corrected chi connectivity index (χ2v) is 12.3. The number of rotatable bonds is 10. The van der Waals surface area contributed by atoms with E-state index in [0.717, 1.165) is 41.3 Å². The molecule has 0 N–H and O–H groups in total. The van der Waals surface area contributed by atoms with Crippen LogP contribution in [0.25, 0.3) is 0 Å². The van der Waals surface area contributed by atoms with Crippen molar-refractivity contribution in [2.45, 2.75) is 105 Å². The van der Waals surface area contributed by atoms with Crippen LogP contribution in [0.5, 0.6) is 5.75 Å². The van der Waals surface area contributed by atoms with E-state index in [9.17, 15) is 0 Å². The van der Waals surface area contributed by atoms with E-state index in [-0.39, 0.29) is 12.4 Å². The predicted octanol–water partition coefficient (Wildman–Crippen LogP) is 8.06. The molecule has 2 heteroatoms. The fourth-order valence-electron chi connectivity index (χ4n) is 7.23. The van der Waals surface area contributed by atoms with Gasteiger partial charge in [0.05, 0.1) is 6.10 Å². The van der Waals surface area contributed by atoms with Crippen molar-refractivity contribution in [2.24, 2.45) is 40.9 Å². The molecule has 4 rings (SSSR count). The third-order valence-electron chi connectivity index (χ3n) is 8.67. The number of hydrogen-bond donors (Lipinski definition) is 0.